The fraction of sp³-hybridized carbons (Fsp3) is 0.571. The first-order valence-corrected chi connectivity index (χ1v) is 8.29. The van der Waals surface area contributed by atoms with Crippen molar-refractivity contribution in [1.82, 2.24) is 4.90 Å². The number of hydrogen-bond acceptors (Lipinski definition) is 2. The van der Waals surface area contributed by atoms with E-state index in [9.17, 15) is 0 Å². The van der Waals surface area contributed by atoms with Crippen molar-refractivity contribution in [3.05, 3.63) is 28.2 Å². The highest BCUT2D eigenvalue weighted by atomic mass is 79.9. The molecule has 0 N–H and O–H groups in total. The smallest absolute Gasteiger partial charge is 0.0508 e. The van der Waals surface area contributed by atoms with E-state index in [0.717, 1.165) is 11.9 Å². The van der Waals surface area contributed by atoms with Crippen molar-refractivity contribution in [2.75, 3.05) is 32.1 Å². The Morgan fingerprint density at radius 3 is 2.78 bits per heavy atom. The van der Waals surface area contributed by atoms with E-state index in [1.165, 1.54) is 35.1 Å². The monoisotopic (exact) mass is 374 g/mol. The van der Waals surface area contributed by atoms with Crippen LogP contribution < -0.4 is 4.90 Å². The predicted molar refractivity (Wildman–Crippen MR) is 85.7 cm³/mol. The lowest BCUT2D eigenvalue weighted by molar-refractivity contribution is 0.314. The molecule has 0 bridgehead atoms. The van der Waals surface area contributed by atoms with Crippen molar-refractivity contribution in [3.8, 4) is 0 Å². The van der Waals surface area contributed by atoms with Gasteiger partial charge in [-0.15, -0.1) is 0 Å². The molecule has 1 fully saturated rings. The maximum Gasteiger partial charge on any atom is 0.0508 e. The second-order valence-corrected chi connectivity index (χ2v) is 6.49. The van der Waals surface area contributed by atoms with Crippen LogP contribution in [0, 0.1) is 0 Å². The molecule has 1 aliphatic heterocycles. The van der Waals surface area contributed by atoms with E-state index in [-0.39, 0.29) is 0 Å². The maximum atomic E-state index is 3.68. The zero-order valence-electron chi connectivity index (χ0n) is 11.0. The lowest BCUT2D eigenvalue weighted by Crippen LogP contribution is -2.36. The minimum atomic E-state index is 0.692. The molecule has 0 aliphatic carbocycles. The van der Waals surface area contributed by atoms with Gasteiger partial charge in [0.2, 0.25) is 0 Å². The van der Waals surface area contributed by atoms with Crippen LogP contribution in [0.4, 0.5) is 5.69 Å². The average molecular weight is 376 g/mol. The Balaban J connectivity index is 2.06. The zero-order valence-corrected chi connectivity index (χ0v) is 14.2. The third kappa shape index (κ3) is 3.28. The summed E-state index contributed by atoms with van der Waals surface area (Å²) in [6.45, 7) is 2.34. The Labute approximate surface area is 127 Å². The molecule has 0 radical (unpaired) electrons. The maximum absolute atomic E-state index is 3.68. The molecule has 1 aliphatic rings. The molecule has 2 nitrogen and oxygen atoms in total. The lowest BCUT2D eigenvalue weighted by atomic mass is 10.2. The van der Waals surface area contributed by atoms with E-state index in [0.29, 0.717) is 6.04 Å². The third-order valence-corrected chi connectivity index (χ3v) is 5.02. The summed E-state index contributed by atoms with van der Waals surface area (Å²) in [5.41, 5.74) is 2.58. The highest BCUT2D eigenvalue weighted by Gasteiger charge is 2.22. The number of likely N-dealkylation sites (tertiary alicyclic amines) is 1. The molecule has 1 heterocycles. The number of hydrogen-bond donors (Lipinski definition) is 0. The first-order chi connectivity index (χ1) is 8.61. The normalized spacial score (nSPS) is 20.3. The Kier molecular flexibility index (Phi) is 5.10. The molecule has 1 aromatic carbocycles. The van der Waals surface area contributed by atoms with E-state index in [4.69, 9.17) is 0 Å². The molecule has 100 valence electrons. The number of benzene rings is 1. The average Bonchev–Trinajstić information content (AvgIpc) is 2.74. The van der Waals surface area contributed by atoms with Crippen LogP contribution in [-0.2, 0) is 5.33 Å². The highest BCUT2D eigenvalue weighted by Crippen LogP contribution is 2.28. The number of rotatable bonds is 4. The first-order valence-electron chi connectivity index (χ1n) is 6.37. The van der Waals surface area contributed by atoms with Gasteiger partial charge in [-0.05, 0) is 60.1 Å². The minimum absolute atomic E-state index is 0.692. The summed E-state index contributed by atoms with van der Waals surface area (Å²) in [6, 6.07) is 7.27. The molecule has 0 saturated carbocycles. The molecule has 1 aromatic rings. The molecule has 4 heteroatoms. The van der Waals surface area contributed by atoms with E-state index >= 15 is 0 Å². The van der Waals surface area contributed by atoms with Gasteiger partial charge in [0.1, 0.15) is 0 Å². The molecule has 1 saturated heterocycles. The molecule has 18 heavy (non-hydrogen) atoms. The predicted octanol–water partition coefficient (Wildman–Crippen LogP) is 3.87. The Bertz CT molecular complexity index is 409. The third-order valence-electron chi connectivity index (χ3n) is 3.73. The number of nitrogens with zero attached hydrogens (tertiary/aromatic N) is 2. The summed E-state index contributed by atoms with van der Waals surface area (Å²) in [6.07, 6.45) is 2.65. The van der Waals surface area contributed by atoms with Crippen molar-refractivity contribution in [2.24, 2.45) is 0 Å². The van der Waals surface area contributed by atoms with Gasteiger partial charge in [0.05, 0.1) is 5.69 Å². The van der Waals surface area contributed by atoms with E-state index in [2.05, 4.69) is 74.0 Å². The zero-order chi connectivity index (χ0) is 13.1. The number of anilines is 1. The Hall–Kier alpha value is -0.0600. The largest absolute Gasteiger partial charge is 0.372 e. The van der Waals surface area contributed by atoms with Crippen molar-refractivity contribution in [2.45, 2.75) is 24.2 Å². The van der Waals surface area contributed by atoms with Crippen molar-refractivity contribution < 1.29 is 0 Å². The van der Waals surface area contributed by atoms with Gasteiger partial charge in [-0.3, -0.25) is 0 Å². The molecule has 0 spiro atoms. The van der Waals surface area contributed by atoms with Gasteiger partial charge in [0.25, 0.3) is 0 Å². The molecule has 1 unspecified atom stereocenters. The molecular formula is C14H20Br2N2. The van der Waals surface area contributed by atoms with Crippen LogP contribution >= 0.6 is 31.9 Å². The van der Waals surface area contributed by atoms with Crippen LogP contribution in [0.3, 0.4) is 0 Å². The lowest BCUT2D eigenvalue weighted by Gasteiger charge is -2.28. The molecule has 1 atom stereocenters. The van der Waals surface area contributed by atoms with E-state index < -0.39 is 0 Å². The first kappa shape index (κ1) is 14.4. The van der Waals surface area contributed by atoms with Crippen molar-refractivity contribution in [3.63, 3.8) is 0 Å². The van der Waals surface area contributed by atoms with Crippen LogP contribution in [-0.4, -0.2) is 38.1 Å². The van der Waals surface area contributed by atoms with E-state index in [1.54, 1.807) is 0 Å². The summed E-state index contributed by atoms with van der Waals surface area (Å²) in [5.74, 6) is 0. The topological polar surface area (TPSA) is 6.48 Å². The second-order valence-electron chi connectivity index (χ2n) is 5.08. The van der Waals surface area contributed by atoms with Crippen LogP contribution in [0.2, 0.25) is 0 Å². The second kappa shape index (κ2) is 6.40. The summed E-state index contributed by atoms with van der Waals surface area (Å²) in [4.78, 5) is 4.83. The van der Waals surface area contributed by atoms with Crippen LogP contribution in [0.1, 0.15) is 18.4 Å². The summed E-state index contributed by atoms with van der Waals surface area (Å²) in [5, 5.41) is 0.904. The fourth-order valence-corrected chi connectivity index (χ4v) is 3.65. The molecule has 0 amide bonds. The standard InChI is InChI=1S/C14H20Br2N2/c1-17-7-3-4-12(17)10-18(2)14-6-5-11(9-15)8-13(14)16/h5-6,8,12H,3-4,7,9-10H2,1-2H3. The minimum Gasteiger partial charge on any atom is -0.372 e. The summed E-state index contributed by atoms with van der Waals surface area (Å²) >= 11 is 7.17. The van der Waals surface area contributed by atoms with Gasteiger partial charge in [-0.25, -0.2) is 0 Å². The van der Waals surface area contributed by atoms with Gasteiger partial charge in [0, 0.05) is 29.4 Å². The summed E-state index contributed by atoms with van der Waals surface area (Å²) < 4.78 is 1.18. The Morgan fingerprint density at radius 1 is 1.44 bits per heavy atom. The molecule has 2 rings (SSSR count). The number of halogens is 2. The van der Waals surface area contributed by atoms with Gasteiger partial charge in [-0.2, -0.15) is 0 Å². The van der Waals surface area contributed by atoms with Gasteiger partial charge in [-0.1, -0.05) is 22.0 Å². The van der Waals surface area contributed by atoms with Crippen molar-refractivity contribution in [1.29, 1.82) is 0 Å². The van der Waals surface area contributed by atoms with Gasteiger partial charge < -0.3 is 9.80 Å². The van der Waals surface area contributed by atoms with E-state index in [1.807, 2.05) is 0 Å². The van der Waals surface area contributed by atoms with Gasteiger partial charge >= 0.3 is 0 Å². The SMILES string of the molecule is CN(CC1CCCN1C)c1ccc(CBr)cc1Br. The summed E-state index contributed by atoms with van der Waals surface area (Å²) in [7, 11) is 4.41. The quantitative estimate of drug-likeness (QED) is 0.737. The number of alkyl halides is 1. The number of likely N-dealkylation sites (N-methyl/N-ethyl adjacent to an activating group) is 2. The molecular weight excluding hydrogens is 356 g/mol. The van der Waals surface area contributed by atoms with Crippen LogP contribution in [0.15, 0.2) is 22.7 Å². The van der Waals surface area contributed by atoms with Crippen molar-refractivity contribution >= 4 is 37.5 Å². The fourth-order valence-electron chi connectivity index (χ4n) is 2.57. The van der Waals surface area contributed by atoms with Gasteiger partial charge in [0.15, 0.2) is 0 Å². The Morgan fingerprint density at radius 2 is 2.22 bits per heavy atom. The highest BCUT2D eigenvalue weighted by molar-refractivity contribution is 9.10. The van der Waals surface area contributed by atoms with Crippen LogP contribution in [0.5, 0.6) is 0 Å². The van der Waals surface area contributed by atoms with Crippen LogP contribution in [0.25, 0.3) is 0 Å². The molecule has 0 aromatic heterocycles.